The maximum Gasteiger partial charge on any atom is 0.0593 e. The second-order valence-electron chi connectivity index (χ2n) is 4.06. The highest BCUT2D eigenvalue weighted by Gasteiger charge is 2.03. The van der Waals surface area contributed by atoms with Crippen LogP contribution in [-0.4, -0.2) is 58.5 Å². The summed E-state index contributed by atoms with van der Waals surface area (Å²) in [5, 5.41) is 0. The Hall–Kier alpha value is -0.160. The Labute approximate surface area is 93.7 Å². The highest BCUT2D eigenvalue weighted by atomic mass is 16.5. The van der Waals surface area contributed by atoms with Gasteiger partial charge in [-0.1, -0.05) is 6.92 Å². The number of methoxy groups -OCH3 is 1. The van der Waals surface area contributed by atoms with E-state index >= 15 is 0 Å². The molecule has 1 unspecified atom stereocenters. The topological polar surface area (TPSA) is 47.7 Å². The van der Waals surface area contributed by atoms with Crippen LogP contribution >= 0.6 is 0 Å². The molecule has 0 radical (unpaired) electrons. The molecule has 2 N–H and O–H groups in total. The van der Waals surface area contributed by atoms with E-state index in [-0.39, 0.29) is 0 Å². The van der Waals surface area contributed by atoms with Crippen LogP contribution in [0.15, 0.2) is 0 Å². The molecule has 4 heteroatoms. The second-order valence-corrected chi connectivity index (χ2v) is 4.06. The van der Waals surface area contributed by atoms with E-state index in [2.05, 4.69) is 18.9 Å². The van der Waals surface area contributed by atoms with Crippen molar-refractivity contribution < 1.29 is 9.47 Å². The number of nitrogens with two attached hydrogens (primary N) is 1. The van der Waals surface area contributed by atoms with Crippen molar-refractivity contribution in [3.8, 4) is 0 Å². The van der Waals surface area contributed by atoms with Gasteiger partial charge in [0.25, 0.3) is 0 Å². The van der Waals surface area contributed by atoms with Crippen LogP contribution in [-0.2, 0) is 9.47 Å². The Morgan fingerprint density at radius 3 is 2.60 bits per heavy atom. The average Bonchev–Trinajstić information content (AvgIpc) is 2.23. The molecule has 0 fully saturated rings. The smallest absolute Gasteiger partial charge is 0.0593 e. The molecule has 1 atom stereocenters. The van der Waals surface area contributed by atoms with Gasteiger partial charge in [0.2, 0.25) is 0 Å². The van der Waals surface area contributed by atoms with Crippen molar-refractivity contribution in [1.82, 2.24) is 4.90 Å². The lowest BCUT2D eigenvalue weighted by molar-refractivity contribution is 0.0866. The Kier molecular flexibility index (Phi) is 10.3. The molecule has 0 bridgehead atoms. The minimum Gasteiger partial charge on any atom is -0.385 e. The van der Waals surface area contributed by atoms with Crippen molar-refractivity contribution in [1.29, 1.82) is 0 Å². The Morgan fingerprint density at radius 1 is 1.27 bits per heavy atom. The fraction of sp³-hybridized carbons (Fsp3) is 1.00. The first kappa shape index (κ1) is 14.8. The van der Waals surface area contributed by atoms with Crippen LogP contribution in [0.4, 0.5) is 0 Å². The van der Waals surface area contributed by atoms with Crippen LogP contribution in [0.3, 0.4) is 0 Å². The van der Waals surface area contributed by atoms with Gasteiger partial charge in [0, 0.05) is 33.4 Å². The minimum absolute atomic E-state index is 0.559. The van der Waals surface area contributed by atoms with Crippen molar-refractivity contribution in [3.63, 3.8) is 0 Å². The molecule has 0 saturated heterocycles. The normalized spacial score (nSPS) is 13.4. The van der Waals surface area contributed by atoms with Gasteiger partial charge >= 0.3 is 0 Å². The summed E-state index contributed by atoms with van der Waals surface area (Å²) in [5.41, 5.74) is 5.56. The predicted molar refractivity (Wildman–Crippen MR) is 63.0 cm³/mol. The first-order valence-electron chi connectivity index (χ1n) is 5.66. The lowest BCUT2D eigenvalue weighted by Crippen LogP contribution is -2.31. The lowest BCUT2D eigenvalue weighted by Gasteiger charge is -2.20. The molecule has 0 aliphatic carbocycles. The molecule has 0 aliphatic heterocycles. The summed E-state index contributed by atoms with van der Waals surface area (Å²) < 4.78 is 10.4. The summed E-state index contributed by atoms with van der Waals surface area (Å²) in [6.45, 7) is 7.27. The van der Waals surface area contributed by atoms with Crippen LogP contribution in [0.1, 0.15) is 13.3 Å². The predicted octanol–water partition coefficient (Wildman–Crippen LogP) is 0.566. The summed E-state index contributed by atoms with van der Waals surface area (Å²) in [5.74, 6) is 0.559. The van der Waals surface area contributed by atoms with Crippen molar-refractivity contribution >= 4 is 0 Å². The number of ether oxygens (including phenoxy) is 2. The molecule has 0 aromatic carbocycles. The van der Waals surface area contributed by atoms with E-state index in [1.54, 1.807) is 7.11 Å². The van der Waals surface area contributed by atoms with Crippen LogP contribution in [0, 0.1) is 5.92 Å². The van der Waals surface area contributed by atoms with E-state index in [9.17, 15) is 0 Å². The van der Waals surface area contributed by atoms with Crippen LogP contribution in [0.2, 0.25) is 0 Å². The van der Waals surface area contributed by atoms with Gasteiger partial charge in [0.05, 0.1) is 6.61 Å². The fourth-order valence-electron chi connectivity index (χ4n) is 1.33. The summed E-state index contributed by atoms with van der Waals surface area (Å²) in [7, 11) is 3.81. The number of hydrogen-bond donors (Lipinski definition) is 1. The maximum atomic E-state index is 5.56. The molecular formula is C11H26N2O2. The molecule has 0 spiro atoms. The van der Waals surface area contributed by atoms with Gasteiger partial charge in [0.15, 0.2) is 0 Å². The van der Waals surface area contributed by atoms with Crippen molar-refractivity contribution in [3.05, 3.63) is 0 Å². The zero-order chi connectivity index (χ0) is 11.5. The molecule has 92 valence electrons. The van der Waals surface area contributed by atoms with Gasteiger partial charge in [-0.15, -0.1) is 0 Å². The monoisotopic (exact) mass is 218 g/mol. The molecule has 0 saturated carbocycles. The zero-order valence-corrected chi connectivity index (χ0v) is 10.4. The molecule has 0 aliphatic rings. The first-order valence-corrected chi connectivity index (χ1v) is 5.66. The van der Waals surface area contributed by atoms with E-state index in [0.29, 0.717) is 5.92 Å². The molecule has 0 heterocycles. The highest BCUT2D eigenvalue weighted by molar-refractivity contribution is 4.58. The van der Waals surface area contributed by atoms with Crippen molar-refractivity contribution in [2.24, 2.45) is 11.7 Å². The largest absolute Gasteiger partial charge is 0.385 e. The summed E-state index contributed by atoms with van der Waals surface area (Å²) >= 11 is 0. The maximum absolute atomic E-state index is 5.56. The minimum atomic E-state index is 0.559. The second kappa shape index (κ2) is 10.4. The SMILES string of the molecule is COCCCOCCN(C)CC(C)CN. The summed E-state index contributed by atoms with van der Waals surface area (Å²) in [4.78, 5) is 2.26. The van der Waals surface area contributed by atoms with Gasteiger partial charge in [-0.2, -0.15) is 0 Å². The summed E-state index contributed by atoms with van der Waals surface area (Å²) in [6, 6.07) is 0. The number of rotatable bonds is 10. The van der Waals surface area contributed by atoms with Crippen LogP contribution in [0.5, 0.6) is 0 Å². The van der Waals surface area contributed by atoms with Gasteiger partial charge in [-0.3, -0.25) is 0 Å². The fourth-order valence-corrected chi connectivity index (χ4v) is 1.33. The van der Waals surface area contributed by atoms with Gasteiger partial charge in [-0.05, 0) is 25.9 Å². The molecule has 0 aromatic rings. The molecule has 4 nitrogen and oxygen atoms in total. The molecule has 15 heavy (non-hydrogen) atoms. The lowest BCUT2D eigenvalue weighted by atomic mass is 10.2. The van der Waals surface area contributed by atoms with E-state index in [4.69, 9.17) is 15.2 Å². The van der Waals surface area contributed by atoms with E-state index in [0.717, 1.165) is 45.9 Å². The highest BCUT2D eigenvalue weighted by Crippen LogP contribution is 1.95. The quantitative estimate of drug-likeness (QED) is 0.545. The van der Waals surface area contributed by atoms with Gasteiger partial charge < -0.3 is 20.1 Å². The average molecular weight is 218 g/mol. The standard InChI is InChI=1S/C11H26N2O2/c1-11(9-12)10-13(2)5-8-15-7-4-6-14-3/h11H,4-10,12H2,1-3H3. The van der Waals surface area contributed by atoms with Crippen LogP contribution in [0.25, 0.3) is 0 Å². The molecular weight excluding hydrogens is 192 g/mol. The molecule has 0 aromatic heterocycles. The first-order chi connectivity index (χ1) is 7.20. The van der Waals surface area contributed by atoms with E-state index < -0.39 is 0 Å². The van der Waals surface area contributed by atoms with Crippen molar-refractivity contribution in [2.75, 3.05) is 53.6 Å². The molecule has 0 amide bonds. The van der Waals surface area contributed by atoms with Gasteiger partial charge in [0.1, 0.15) is 0 Å². The molecule has 0 rings (SSSR count). The Balaban J connectivity index is 3.20. The third-order valence-electron chi connectivity index (χ3n) is 2.28. The Bertz CT molecular complexity index is 134. The summed E-state index contributed by atoms with van der Waals surface area (Å²) in [6.07, 6.45) is 0.972. The van der Waals surface area contributed by atoms with Crippen LogP contribution < -0.4 is 5.73 Å². The van der Waals surface area contributed by atoms with E-state index in [1.165, 1.54) is 0 Å². The van der Waals surface area contributed by atoms with Gasteiger partial charge in [-0.25, -0.2) is 0 Å². The zero-order valence-electron chi connectivity index (χ0n) is 10.4. The number of hydrogen-bond acceptors (Lipinski definition) is 4. The van der Waals surface area contributed by atoms with E-state index in [1.807, 2.05) is 0 Å². The number of likely N-dealkylation sites (N-methyl/N-ethyl adjacent to an activating group) is 1. The van der Waals surface area contributed by atoms with Crippen molar-refractivity contribution in [2.45, 2.75) is 13.3 Å². The Morgan fingerprint density at radius 2 is 2.00 bits per heavy atom. The number of nitrogens with zero attached hydrogens (tertiary/aromatic N) is 1. The third-order valence-corrected chi connectivity index (χ3v) is 2.28. The third kappa shape index (κ3) is 10.1.